The maximum Gasteiger partial charge on any atom is 0.357 e. The van der Waals surface area contributed by atoms with Crippen LogP contribution >= 0.6 is 11.3 Å². The summed E-state index contributed by atoms with van der Waals surface area (Å²) in [6.45, 7) is 6.10. The molecule has 0 aliphatic heterocycles. The molecule has 1 aliphatic carbocycles. The number of thiophene rings is 1. The van der Waals surface area contributed by atoms with Crippen LogP contribution in [0.5, 0.6) is 0 Å². The summed E-state index contributed by atoms with van der Waals surface area (Å²) in [7, 11) is 0. The molecule has 4 nitrogen and oxygen atoms in total. The molecule has 1 aliphatic rings. The Kier molecular flexibility index (Phi) is 3.08. The lowest BCUT2D eigenvalue weighted by Crippen LogP contribution is -2.10. The Hall–Kier alpha value is -1.75. The summed E-state index contributed by atoms with van der Waals surface area (Å²) >= 11 is 1.42. The molecule has 114 valence electrons. The fourth-order valence-electron chi connectivity index (χ4n) is 3.49. The summed E-state index contributed by atoms with van der Waals surface area (Å²) in [5.74, 6) is 0.822. The first-order valence-corrected chi connectivity index (χ1v) is 8.63. The molecule has 0 aromatic carbocycles. The van der Waals surface area contributed by atoms with Crippen LogP contribution in [0.4, 0.5) is 0 Å². The maximum absolute atomic E-state index is 12.1. The number of aryl methyl sites for hydroxylation is 2. The van der Waals surface area contributed by atoms with E-state index in [9.17, 15) is 4.79 Å². The monoisotopic (exact) mass is 314 g/mol. The smallest absolute Gasteiger partial charge is 0.357 e. The summed E-state index contributed by atoms with van der Waals surface area (Å²) in [5, 5.41) is 1.09. The van der Waals surface area contributed by atoms with Crippen LogP contribution in [0.2, 0.25) is 0 Å². The molecule has 3 aromatic heterocycles. The highest BCUT2D eigenvalue weighted by molar-refractivity contribution is 7.25. The van der Waals surface area contributed by atoms with Crippen LogP contribution in [0.3, 0.4) is 0 Å². The van der Waals surface area contributed by atoms with Crippen LogP contribution < -0.4 is 5.63 Å². The van der Waals surface area contributed by atoms with Gasteiger partial charge in [0.1, 0.15) is 15.0 Å². The van der Waals surface area contributed by atoms with E-state index in [1.54, 1.807) is 6.92 Å². The molecule has 0 atom stereocenters. The van der Waals surface area contributed by atoms with Gasteiger partial charge in [-0.2, -0.15) is 0 Å². The summed E-state index contributed by atoms with van der Waals surface area (Å²) in [5.41, 5.74) is 4.44. The summed E-state index contributed by atoms with van der Waals surface area (Å²) in [4.78, 5) is 22.5. The molecular formula is C17H18N2O2S. The predicted molar refractivity (Wildman–Crippen MR) is 88.9 cm³/mol. The van der Waals surface area contributed by atoms with Crippen molar-refractivity contribution in [1.29, 1.82) is 0 Å². The second-order valence-electron chi connectivity index (χ2n) is 6.30. The molecule has 0 N–H and O–H groups in total. The number of fused-ring (bicyclic) bond motifs is 5. The van der Waals surface area contributed by atoms with E-state index in [-0.39, 0.29) is 5.63 Å². The molecule has 0 amide bonds. The van der Waals surface area contributed by atoms with Crippen molar-refractivity contribution in [3.05, 3.63) is 33.1 Å². The van der Waals surface area contributed by atoms with Gasteiger partial charge in [0, 0.05) is 18.0 Å². The third kappa shape index (κ3) is 1.92. The van der Waals surface area contributed by atoms with Crippen LogP contribution in [0.1, 0.15) is 55.3 Å². The van der Waals surface area contributed by atoms with Gasteiger partial charge in [-0.15, -0.1) is 11.3 Å². The molecule has 3 heterocycles. The zero-order valence-electron chi connectivity index (χ0n) is 13.0. The van der Waals surface area contributed by atoms with Crippen LogP contribution in [-0.4, -0.2) is 9.97 Å². The first kappa shape index (κ1) is 13.9. The van der Waals surface area contributed by atoms with E-state index in [0.29, 0.717) is 16.5 Å². The summed E-state index contributed by atoms with van der Waals surface area (Å²) in [6, 6.07) is 0. The lowest BCUT2D eigenvalue weighted by Gasteiger charge is -2.21. The molecular weight excluding hydrogens is 296 g/mol. The first-order valence-electron chi connectivity index (χ1n) is 7.82. The van der Waals surface area contributed by atoms with E-state index in [0.717, 1.165) is 28.6 Å². The Labute approximate surface area is 132 Å². The minimum Gasteiger partial charge on any atom is -0.408 e. The highest BCUT2D eigenvalue weighted by Gasteiger charge is 2.24. The number of hydrogen-bond acceptors (Lipinski definition) is 5. The SMILES string of the molecule is Cc1nc2c(sc3nc(C(C)C)c4c(c32)CCCC4)c(=O)o1. The molecule has 4 rings (SSSR count). The van der Waals surface area contributed by atoms with E-state index in [1.165, 1.54) is 41.0 Å². The standard InChI is InChI=1S/C17H18N2O2S/c1-8(2)13-11-7-5-4-6-10(11)12-14-15(22-16(12)19-13)17(20)21-9(3)18-14/h8H,4-7H2,1-3H3. The largest absolute Gasteiger partial charge is 0.408 e. The predicted octanol–water partition coefficient (Wildman–Crippen LogP) is 4.11. The van der Waals surface area contributed by atoms with Gasteiger partial charge in [-0.1, -0.05) is 13.8 Å². The lowest BCUT2D eigenvalue weighted by atomic mass is 9.86. The average Bonchev–Trinajstić information content (AvgIpc) is 2.85. The Morgan fingerprint density at radius 2 is 1.86 bits per heavy atom. The molecule has 22 heavy (non-hydrogen) atoms. The Morgan fingerprint density at radius 3 is 2.59 bits per heavy atom. The van der Waals surface area contributed by atoms with Crippen molar-refractivity contribution in [3.8, 4) is 0 Å². The normalized spacial score (nSPS) is 14.9. The molecule has 0 fully saturated rings. The molecule has 0 bridgehead atoms. The Bertz CT molecular complexity index is 953. The molecule has 0 radical (unpaired) electrons. The second kappa shape index (κ2) is 4.88. The van der Waals surface area contributed by atoms with Crippen molar-refractivity contribution in [2.75, 3.05) is 0 Å². The van der Waals surface area contributed by atoms with Crippen LogP contribution in [0, 0.1) is 6.92 Å². The highest BCUT2D eigenvalue weighted by Crippen LogP contribution is 2.39. The summed E-state index contributed by atoms with van der Waals surface area (Å²) < 4.78 is 5.76. The van der Waals surface area contributed by atoms with Gasteiger partial charge >= 0.3 is 5.63 Å². The van der Waals surface area contributed by atoms with Gasteiger partial charge in [0.2, 0.25) is 0 Å². The Morgan fingerprint density at radius 1 is 1.14 bits per heavy atom. The van der Waals surface area contributed by atoms with E-state index in [4.69, 9.17) is 9.40 Å². The van der Waals surface area contributed by atoms with Crippen molar-refractivity contribution < 1.29 is 4.42 Å². The fourth-order valence-corrected chi connectivity index (χ4v) is 4.51. The van der Waals surface area contributed by atoms with Crippen LogP contribution in [0.25, 0.3) is 20.4 Å². The third-order valence-electron chi connectivity index (χ3n) is 4.41. The van der Waals surface area contributed by atoms with Gasteiger partial charge in [0.05, 0.1) is 0 Å². The van der Waals surface area contributed by atoms with E-state index >= 15 is 0 Å². The van der Waals surface area contributed by atoms with Crippen molar-refractivity contribution in [2.24, 2.45) is 0 Å². The molecule has 0 saturated heterocycles. The van der Waals surface area contributed by atoms with Crippen molar-refractivity contribution in [2.45, 2.75) is 52.4 Å². The van der Waals surface area contributed by atoms with Gasteiger partial charge in [-0.3, -0.25) is 0 Å². The molecule has 0 saturated carbocycles. The number of rotatable bonds is 1. The number of hydrogen-bond donors (Lipinski definition) is 0. The second-order valence-corrected chi connectivity index (χ2v) is 7.30. The van der Waals surface area contributed by atoms with Crippen LogP contribution in [-0.2, 0) is 12.8 Å². The molecule has 0 spiro atoms. The zero-order valence-corrected chi connectivity index (χ0v) is 13.8. The average molecular weight is 314 g/mol. The van der Waals surface area contributed by atoms with Crippen molar-refractivity contribution >= 4 is 31.8 Å². The molecule has 3 aromatic rings. The topological polar surface area (TPSA) is 56.0 Å². The third-order valence-corrected chi connectivity index (χ3v) is 5.46. The minimum absolute atomic E-state index is 0.291. The van der Waals surface area contributed by atoms with E-state index in [1.807, 2.05) is 0 Å². The molecule has 5 heteroatoms. The highest BCUT2D eigenvalue weighted by atomic mass is 32.1. The van der Waals surface area contributed by atoms with E-state index in [2.05, 4.69) is 18.8 Å². The fraction of sp³-hybridized carbons (Fsp3) is 0.471. The summed E-state index contributed by atoms with van der Waals surface area (Å²) in [6.07, 6.45) is 4.56. The first-order chi connectivity index (χ1) is 10.6. The van der Waals surface area contributed by atoms with Gasteiger partial charge in [-0.25, -0.2) is 14.8 Å². The maximum atomic E-state index is 12.1. The molecule has 0 unspecified atom stereocenters. The Balaban J connectivity index is 2.21. The minimum atomic E-state index is -0.291. The van der Waals surface area contributed by atoms with E-state index < -0.39 is 0 Å². The van der Waals surface area contributed by atoms with Gasteiger partial charge in [-0.05, 0) is 42.7 Å². The number of pyridine rings is 1. The van der Waals surface area contributed by atoms with Crippen molar-refractivity contribution in [3.63, 3.8) is 0 Å². The van der Waals surface area contributed by atoms with Gasteiger partial charge in [0.15, 0.2) is 5.89 Å². The van der Waals surface area contributed by atoms with Crippen molar-refractivity contribution in [1.82, 2.24) is 9.97 Å². The quantitative estimate of drug-likeness (QED) is 0.678. The van der Waals surface area contributed by atoms with Gasteiger partial charge in [0.25, 0.3) is 0 Å². The number of aromatic nitrogens is 2. The van der Waals surface area contributed by atoms with Crippen LogP contribution in [0.15, 0.2) is 9.21 Å². The zero-order chi connectivity index (χ0) is 15.4. The number of nitrogens with zero attached hydrogens (tertiary/aromatic N) is 2. The van der Waals surface area contributed by atoms with Gasteiger partial charge < -0.3 is 4.42 Å². The lowest BCUT2D eigenvalue weighted by molar-refractivity contribution is 0.468.